The van der Waals surface area contributed by atoms with Gasteiger partial charge in [0.1, 0.15) is 5.75 Å². The van der Waals surface area contributed by atoms with Crippen LogP contribution in [0.15, 0.2) is 12.1 Å². The van der Waals surface area contributed by atoms with Gasteiger partial charge in [0.2, 0.25) is 0 Å². The van der Waals surface area contributed by atoms with Crippen LogP contribution in [0.2, 0.25) is 0 Å². The molecular formula is C20H30O. The molecular weight excluding hydrogens is 256 g/mol. The number of benzene rings is 1. The van der Waals surface area contributed by atoms with E-state index in [0.29, 0.717) is 17.1 Å². The Kier molecular flexibility index (Phi) is 3.39. The minimum atomic E-state index is 0.252. The van der Waals surface area contributed by atoms with E-state index in [2.05, 4.69) is 46.8 Å². The Morgan fingerprint density at radius 2 is 1.86 bits per heavy atom. The van der Waals surface area contributed by atoms with E-state index in [1.165, 1.54) is 36.8 Å². The van der Waals surface area contributed by atoms with Crippen molar-refractivity contribution in [2.45, 2.75) is 78.1 Å². The predicted octanol–water partition coefficient (Wildman–Crippen LogP) is 5.55. The van der Waals surface area contributed by atoms with Gasteiger partial charge in [-0.2, -0.15) is 0 Å². The molecule has 0 amide bonds. The summed E-state index contributed by atoms with van der Waals surface area (Å²) in [6, 6.07) is 4.51. The first-order chi connectivity index (χ1) is 9.77. The van der Waals surface area contributed by atoms with Crippen molar-refractivity contribution in [2.24, 2.45) is 11.3 Å². The van der Waals surface area contributed by atoms with Gasteiger partial charge in [0.15, 0.2) is 0 Å². The van der Waals surface area contributed by atoms with Gasteiger partial charge in [-0.05, 0) is 65.0 Å². The van der Waals surface area contributed by atoms with Gasteiger partial charge >= 0.3 is 0 Å². The molecule has 1 fully saturated rings. The lowest BCUT2D eigenvalue weighted by atomic mass is 9.50. The summed E-state index contributed by atoms with van der Waals surface area (Å²) in [5, 5.41) is 10.7. The monoisotopic (exact) mass is 286 g/mol. The second-order valence-corrected chi connectivity index (χ2v) is 8.54. The number of rotatable bonds is 1. The zero-order valence-corrected chi connectivity index (χ0v) is 14.3. The van der Waals surface area contributed by atoms with Gasteiger partial charge in [-0.25, -0.2) is 0 Å². The molecule has 0 aromatic heterocycles. The van der Waals surface area contributed by atoms with Crippen LogP contribution in [-0.2, 0) is 11.8 Å². The van der Waals surface area contributed by atoms with E-state index >= 15 is 0 Å². The SMILES string of the molecule is CC(C)c1ccc2c(c1O)CCC1C(C)(C)CCCC21C. The van der Waals surface area contributed by atoms with Gasteiger partial charge in [0.25, 0.3) is 0 Å². The summed E-state index contributed by atoms with van der Waals surface area (Å²) in [6.45, 7) is 11.7. The smallest absolute Gasteiger partial charge is 0.122 e. The summed E-state index contributed by atoms with van der Waals surface area (Å²) in [5.41, 5.74) is 4.48. The zero-order valence-electron chi connectivity index (χ0n) is 14.3. The Bertz CT molecular complexity index is 555. The highest BCUT2D eigenvalue weighted by molar-refractivity contribution is 5.51. The van der Waals surface area contributed by atoms with Gasteiger partial charge in [0, 0.05) is 0 Å². The fourth-order valence-corrected chi connectivity index (χ4v) is 5.35. The third kappa shape index (κ3) is 2.12. The molecule has 0 radical (unpaired) electrons. The highest BCUT2D eigenvalue weighted by Gasteiger charge is 2.50. The first-order valence-corrected chi connectivity index (χ1v) is 8.62. The van der Waals surface area contributed by atoms with E-state index in [9.17, 15) is 5.11 Å². The normalized spacial score (nSPS) is 30.9. The molecule has 2 aliphatic rings. The van der Waals surface area contributed by atoms with E-state index in [-0.39, 0.29) is 5.41 Å². The maximum absolute atomic E-state index is 10.7. The van der Waals surface area contributed by atoms with E-state index in [1.807, 2.05) is 0 Å². The predicted molar refractivity (Wildman–Crippen MR) is 89.0 cm³/mol. The summed E-state index contributed by atoms with van der Waals surface area (Å²) in [5.74, 6) is 1.73. The molecule has 2 atom stereocenters. The van der Waals surface area contributed by atoms with Gasteiger partial charge in [-0.1, -0.05) is 53.2 Å². The summed E-state index contributed by atoms with van der Waals surface area (Å²) < 4.78 is 0. The molecule has 0 aliphatic heterocycles. The van der Waals surface area contributed by atoms with Crippen molar-refractivity contribution < 1.29 is 5.11 Å². The van der Waals surface area contributed by atoms with Crippen LogP contribution in [0, 0.1) is 11.3 Å². The number of aromatic hydroxyl groups is 1. The summed E-state index contributed by atoms with van der Waals surface area (Å²) in [7, 11) is 0. The summed E-state index contributed by atoms with van der Waals surface area (Å²) >= 11 is 0. The topological polar surface area (TPSA) is 20.2 Å². The molecule has 1 saturated carbocycles. The lowest BCUT2D eigenvalue weighted by Crippen LogP contribution is -2.47. The van der Waals surface area contributed by atoms with Crippen molar-refractivity contribution in [1.29, 1.82) is 0 Å². The van der Waals surface area contributed by atoms with Crippen LogP contribution >= 0.6 is 0 Å². The molecule has 0 heterocycles. The second-order valence-electron chi connectivity index (χ2n) is 8.54. The molecule has 1 aromatic carbocycles. The Morgan fingerprint density at radius 1 is 1.14 bits per heavy atom. The Balaban J connectivity index is 2.13. The molecule has 21 heavy (non-hydrogen) atoms. The van der Waals surface area contributed by atoms with Crippen molar-refractivity contribution in [3.63, 3.8) is 0 Å². The average Bonchev–Trinajstić information content (AvgIpc) is 2.38. The standard InChI is InChI=1S/C20H30O/c1-13(2)14-7-9-16-15(18(14)21)8-10-17-19(3,4)11-6-12-20(16,17)5/h7,9,13,17,21H,6,8,10-12H2,1-5H3. The second kappa shape index (κ2) is 4.76. The third-order valence-corrected chi connectivity index (χ3v) is 6.46. The molecule has 0 saturated heterocycles. The van der Waals surface area contributed by atoms with E-state index in [0.717, 1.165) is 17.9 Å². The number of phenols is 1. The highest BCUT2D eigenvalue weighted by Crippen LogP contribution is 2.58. The first kappa shape index (κ1) is 14.9. The molecule has 0 bridgehead atoms. The molecule has 2 aliphatic carbocycles. The molecule has 3 rings (SSSR count). The zero-order chi connectivity index (χ0) is 15.4. The fourth-order valence-electron chi connectivity index (χ4n) is 5.35. The van der Waals surface area contributed by atoms with Crippen LogP contribution in [0.5, 0.6) is 5.75 Å². The molecule has 1 N–H and O–H groups in total. The third-order valence-electron chi connectivity index (χ3n) is 6.46. The molecule has 1 aromatic rings. The van der Waals surface area contributed by atoms with Crippen molar-refractivity contribution in [1.82, 2.24) is 0 Å². The minimum absolute atomic E-state index is 0.252. The quantitative estimate of drug-likeness (QED) is 0.718. The number of hydrogen-bond donors (Lipinski definition) is 1. The van der Waals surface area contributed by atoms with Crippen LogP contribution < -0.4 is 0 Å². The van der Waals surface area contributed by atoms with Gasteiger partial charge in [0.05, 0.1) is 0 Å². The van der Waals surface area contributed by atoms with Gasteiger partial charge in [-0.15, -0.1) is 0 Å². The summed E-state index contributed by atoms with van der Waals surface area (Å²) in [6.07, 6.45) is 6.20. The number of hydrogen-bond acceptors (Lipinski definition) is 1. The molecule has 1 heteroatoms. The van der Waals surface area contributed by atoms with Gasteiger partial charge < -0.3 is 5.11 Å². The van der Waals surface area contributed by atoms with Crippen LogP contribution in [0.3, 0.4) is 0 Å². The molecule has 1 nitrogen and oxygen atoms in total. The van der Waals surface area contributed by atoms with Crippen LogP contribution in [0.1, 0.15) is 82.9 Å². The largest absolute Gasteiger partial charge is 0.507 e. The Hall–Kier alpha value is -0.980. The fraction of sp³-hybridized carbons (Fsp3) is 0.700. The van der Waals surface area contributed by atoms with Crippen LogP contribution in [0.4, 0.5) is 0 Å². The number of phenolic OH excluding ortho intramolecular Hbond substituents is 1. The highest BCUT2D eigenvalue weighted by atomic mass is 16.3. The van der Waals surface area contributed by atoms with Crippen LogP contribution in [-0.4, -0.2) is 5.11 Å². The molecule has 2 unspecified atom stereocenters. The molecule has 116 valence electrons. The van der Waals surface area contributed by atoms with Gasteiger partial charge in [-0.3, -0.25) is 0 Å². The minimum Gasteiger partial charge on any atom is -0.507 e. The maximum Gasteiger partial charge on any atom is 0.122 e. The van der Waals surface area contributed by atoms with E-state index < -0.39 is 0 Å². The maximum atomic E-state index is 10.7. The number of fused-ring (bicyclic) bond motifs is 3. The lowest BCUT2D eigenvalue weighted by molar-refractivity contribution is 0.0402. The average molecular weight is 286 g/mol. The van der Waals surface area contributed by atoms with Crippen molar-refractivity contribution in [2.75, 3.05) is 0 Å². The van der Waals surface area contributed by atoms with Crippen molar-refractivity contribution >= 4 is 0 Å². The molecule has 0 spiro atoms. The first-order valence-electron chi connectivity index (χ1n) is 8.62. The van der Waals surface area contributed by atoms with E-state index in [1.54, 1.807) is 0 Å². The van der Waals surface area contributed by atoms with Crippen LogP contribution in [0.25, 0.3) is 0 Å². The lowest BCUT2D eigenvalue weighted by Gasteiger charge is -2.54. The van der Waals surface area contributed by atoms with E-state index in [4.69, 9.17) is 0 Å². The Morgan fingerprint density at radius 3 is 2.52 bits per heavy atom. The van der Waals surface area contributed by atoms with Crippen molar-refractivity contribution in [3.05, 3.63) is 28.8 Å². The van der Waals surface area contributed by atoms with Crippen molar-refractivity contribution in [3.8, 4) is 5.75 Å². The Labute approximate surface area is 129 Å². The summed E-state index contributed by atoms with van der Waals surface area (Å²) in [4.78, 5) is 0.